The molecule has 1 fully saturated rings. The van der Waals surface area contributed by atoms with E-state index in [1.807, 2.05) is 6.07 Å². The fourth-order valence-corrected chi connectivity index (χ4v) is 2.87. The van der Waals surface area contributed by atoms with Gasteiger partial charge in [0, 0.05) is 0 Å². The molecule has 3 rings (SSSR count). The Bertz CT molecular complexity index is 583. The molecule has 0 amide bonds. The van der Waals surface area contributed by atoms with Gasteiger partial charge < -0.3 is 9.72 Å². The molecule has 0 saturated heterocycles. The fourth-order valence-electron chi connectivity index (χ4n) is 2.87. The standard InChI is InChI=1S/C16H20N2O2/c19-16(20-10-12-5-3-1-2-4-6-12)13-7-8-14-15(9-13)18-11-17-14/h7-9,11-12H,1-6,10H2,(H,17,18). The molecule has 2 aromatic rings. The monoisotopic (exact) mass is 272 g/mol. The van der Waals surface area contributed by atoms with E-state index in [4.69, 9.17) is 4.74 Å². The molecule has 1 aliphatic carbocycles. The van der Waals surface area contributed by atoms with Gasteiger partial charge in [-0.15, -0.1) is 0 Å². The number of carbonyl (C=O) groups is 1. The predicted octanol–water partition coefficient (Wildman–Crippen LogP) is 3.69. The minimum absolute atomic E-state index is 0.231. The Balaban J connectivity index is 1.60. The van der Waals surface area contributed by atoms with Gasteiger partial charge in [0.15, 0.2) is 0 Å². The molecule has 0 unspecified atom stereocenters. The number of rotatable bonds is 3. The third-order valence-electron chi connectivity index (χ3n) is 4.08. The van der Waals surface area contributed by atoms with Gasteiger partial charge in [0.2, 0.25) is 0 Å². The summed E-state index contributed by atoms with van der Waals surface area (Å²) in [5, 5.41) is 0. The number of hydrogen-bond acceptors (Lipinski definition) is 3. The number of aromatic amines is 1. The molecule has 0 atom stereocenters. The molecule has 4 heteroatoms. The molecule has 106 valence electrons. The molecular formula is C16H20N2O2. The molecule has 4 nitrogen and oxygen atoms in total. The Kier molecular flexibility index (Phi) is 4.00. The first kappa shape index (κ1) is 13.2. The number of aromatic nitrogens is 2. The Morgan fingerprint density at radius 1 is 1.25 bits per heavy atom. The van der Waals surface area contributed by atoms with Gasteiger partial charge in [-0.2, -0.15) is 0 Å². The summed E-state index contributed by atoms with van der Waals surface area (Å²) >= 11 is 0. The second kappa shape index (κ2) is 6.07. The van der Waals surface area contributed by atoms with Crippen LogP contribution in [0.25, 0.3) is 11.0 Å². The second-order valence-electron chi connectivity index (χ2n) is 5.59. The first-order valence-electron chi connectivity index (χ1n) is 7.43. The van der Waals surface area contributed by atoms with Gasteiger partial charge in [-0.05, 0) is 37.0 Å². The molecule has 1 heterocycles. The summed E-state index contributed by atoms with van der Waals surface area (Å²) < 4.78 is 5.48. The Labute approximate surface area is 118 Å². The van der Waals surface area contributed by atoms with Crippen molar-refractivity contribution >= 4 is 17.0 Å². The summed E-state index contributed by atoms with van der Waals surface area (Å²) in [5.74, 6) is 0.308. The van der Waals surface area contributed by atoms with Crippen LogP contribution in [0.4, 0.5) is 0 Å². The van der Waals surface area contributed by atoms with Crippen molar-refractivity contribution in [2.45, 2.75) is 38.5 Å². The highest BCUT2D eigenvalue weighted by Crippen LogP contribution is 2.23. The zero-order valence-corrected chi connectivity index (χ0v) is 11.6. The van der Waals surface area contributed by atoms with E-state index in [0.29, 0.717) is 18.1 Å². The summed E-state index contributed by atoms with van der Waals surface area (Å²) in [6, 6.07) is 5.42. The van der Waals surface area contributed by atoms with Crippen molar-refractivity contribution in [1.82, 2.24) is 9.97 Å². The third kappa shape index (κ3) is 3.00. The Morgan fingerprint density at radius 2 is 2.05 bits per heavy atom. The Hall–Kier alpha value is -1.84. The smallest absolute Gasteiger partial charge is 0.338 e. The number of imidazole rings is 1. The normalized spacial score (nSPS) is 17.0. The van der Waals surface area contributed by atoms with E-state index in [9.17, 15) is 4.79 Å². The molecule has 0 radical (unpaired) electrons. The molecule has 20 heavy (non-hydrogen) atoms. The summed E-state index contributed by atoms with van der Waals surface area (Å²) in [4.78, 5) is 19.2. The number of nitrogens with zero attached hydrogens (tertiary/aromatic N) is 1. The molecule has 1 aromatic carbocycles. The Morgan fingerprint density at radius 3 is 2.85 bits per heavy atom. The van der Waals surface area contributed by atoms with Crippen LogP contribution in [-0.4, -0.2) is 22.5 Å². The molecule has 1 aromatic heterocycles. The van der Waals surface area contributed by atoms with Crippen LogP contribution in [0.1, 0.15) is 48.9 Å². The number of fused-ring (bicyclic) bond motifs is 1. The van der Waals surface area contributed by atoms with Crippen molar-refractivity contribution < 1.29 is 9.53 Å². The van der Waals surface area contributed by atoms with Crippen LogP contribution in [0, 0.1) is 5.92 Å². The van der Waals surface area contributed by atoms with Crippen LogP contribution in [0.15, 0.2) is 24.5 Å². The van der Waals surface area contributed by atoms with Crippen molar-refractivity contribution in [2.24, 2.45) is 5.92 Å². The van der Waals surface area contributed by atoms with Crippen LogP contribution in [0.5, 0.6) is 0 Å². The lowest BCUT2D eigenvalue weighted by molar-refractivity contribution is 0.0428. The van der Waals surface area contributed by atoms with Crippen LogP contribution in [-0.2, 0) is 4.74 Å². The highest BCUT2D eigenvalue weighted by atomic mass is 16.5. The SMILES string of the molecule is O=C(OCC1CCCCCC1)c1ccc2nc[nH]c2c1. The highest BCUT2D eigenvalue weighted by molar-refractivity contribution is 5.93. The van der Waals surface area contributed by atoms with Crippen molar-refractivity contribution in [3.63, 3.8) is 0 Å². The van der Waals surface area contributed by atoms with E-state index < -0.39 is 0 Å². The van der Waals surface area contributed by atoms with Gasteiger partial charge in [-0.3, -0.25) is 0 Å². The van der Waals surface area contributed by atoms with E-state index in [1.165, 1.54) is 38.5 Å². The van der Waals surface area contributed by atoms with E-state index >= 15 is 0 Å². The quantitative estimate of drug-likeness (QED) is 0.685. The zero-order valence-electron chi connectivity index (χ0n) is 11.6. The lowest BCUT2D eigenvalue weighted by atomic mass is 10.0. The summed E-state index contributed by atoms with van der Waals surface area (Å²) in [6.07, 6.45) is 9.18. The molecule has 0 bridgehead atoms. The maximum Gasteiger partial charge on any atom is 0.338 e. The van der Waals surface area contributed by atoms with E-state index in [-0.39, 0.29) is 5.97 Å². The third-order valence-corrected chi connectivity index (χ3v) is 4.08. The topological polar surface area (TPSA) is 55.0 Å². The number of nitrogens with one attached hydrogen (secondary N) is 1. The number of H-pyrrole nitrogens is 1. The minimum Gasteiger partial charge on any atom is -0.462 e. The van der Waals surface area contributed by atoms with E-state index in [1.54, 1.807) is 18.5 Å². The van der Waals surface area contributed by atoms with Crippen LogP contribution >= 0.6 is 0 Å². The highest BCUT2D eigenvalue weighted by Gasteiger charge is 2.15. The van der Waals surface area contributed by atoms with Gasteiger partial charge in [-0.25, -0.2) is 9.78 Å². The van der Waals surface area contributed by atoms with Gasteiger partial charge in [0.25, 0.3) is 0 Å². The summed E-state index contributed by atoms with van der Waals surface area (Å²) in [6.45, 7) is 0.555. The van der Waals surface area contributed by atoms with Crippen LogP contribution in [0.2, 0.25) is 0 Å². The van der Waals surface area contributed by atoms with Crippen molar-refractivity contribution in [2.75, 3.05) is 6.61 Å². The number of carbonyl (C=O) groups excluding carboxylic acids is 1. The van der Waals surface area contributed by atoms with Gasteiger partial charge in [0.05, 0.1) is 29.5 Å². The minimum atomic E-state index is -0.231. The van der Waals surface area contributed by atoms with Gasteiger partial charge in [-0.1, -0.05) is 25.7 Å². The average molecular weight is 272 g/mol. The lowest BCUT2D eigenvalue weighted by Gasteiger charge is -2.14. The van der Waals surface area contributed by atoms with Crippen molar-refractivity contribution in [3.8, 4) is 0 Å². The number of hydrogen-bond donors (Lipinski definition) is 1. The number of ether oxygens (including phenoxy) is 1. The number of esters is 1. The maximum absolute atomic E-state index is 12.1. The molecule has 0 aliphatic heterocycles. The lowest BCUT2D eigenvalue weighted by Crippen LogP contribution is -2.14. The number of benzene rings is 1. The fraction of sp³-hybridized carbons (Fsp3) is 0.500. The van der Waals surface area contributed by atoms with Crippen LogP contribution < -0.4 is 0 Å². The molecule has 0 spiro atoms. The van der Waals surface area contributed by atoms with E-state index in [2.05, 4.69) is 9.97 Å². The second-order valence-corrected chi connectivity index (χ2v) is 5.59. The summed E-state index contributed by atoms with van der Waals surface area (Å²) in [7, 11) is 0. The van der Waals surface area contributed by atoms with Crippen molar-refractivity contribution in [1.29, 1.82) is 0 Å². The predicted molar refractivity (Wildman–Crippen MR) is 77.6 cm³/mol. The molecular weight excluding hydrogens is 252 g/mol. The van der Waals surface area contributed by atoms with Crippen LogP contribution in [0.3, 0.4) is 0 Å². The first-order valence-corrected chi connectivity index (χ1v) is 7.43. The molecule has 1 saturated carbocycles. The van der Waals surface area contributed by atoms with Crippen molar-refractivity contribution in [3.05, 3.63) is 30.1 Å². The van der Waals surface area contributed by atoms with E-state index in [0.717, 1.165) is 11.0 Å². The maximum atomic E-state index is 12.1. The average Bonchev–Trinajstić information content (AvgIpc) is 2.78. The first-order chi connectivity index (χ1) is 9.83. The molecule has 1 N–H and O–H groups in total. The molecule has 1 aliphatic rings. The largest absolute Gasteiger partial charge is 0.462 e. The van der Waals surface area contributed by atoms with Gasteiger partial charge in [0.1, 0.15) is 0 Å². The zero-order chi connectivity index (χ0) is 13.8. The van der Waals surface area contributed by atoms with Gasteiger partial charge >= 0.3 is 5.97 Å². The summed E-state index contributed by atoms with van der Waals surface area (Å²) in [5.41, 5.74) is 2.33.